The van der Waals surface area contributed by atoms with E-state index in [9.17, 15) is 0 Å². The van der Waals surface area contributed by atoms with Crippen molar-refractivity contribution in [3.8, 4) is 44.5 Å². The van der Waals surface area contributed by atoms with Gasteiger partial charge in [0, 0.05) is 61.6 Å². The van der Waals surface area contributed by atoms with Gasteiger partial charge in [-0.2, -0.15) is 0 Å². The van der Waals surface area contributed by atoms with Gasteiger partial charge in [0.25, 0.3) is 0 Å². The summed E-state index contributed by atoms with van der Waals surface area (Å²) in [5.41, 5.74) is 24.2. The molecule has 1 aromatic heterocycles. The summed E-state index contributed by atoms with van der Waals surface area (Å²) in [6.07, 6.45) is 0. The number of nitrogens with one attached hydrogen (secondary N) is 1. The largest absolute Gasteiger partial charge is 0.456 e. The third-order valence-corrected chi connectivity index (χ3v) is 15.3. The predicted molar refractivity (Wildman–Crippen MR) is 312 cm³/mol. The van der Waals surface area contributed by atoms with Gasteiger partial charge in [0.1, 0.15) is 11.2 Å². The van der Waals surface area contributed by atoms with Crippen molar-refractivity contribution in [3.63, 3.8) is 0 Å². The first kappa shape index (κ1) is 43.5. The Bertz CT molecular complexity index is 3990. The van der Waals surface area contributed by atoms with E-state index in [4.69, 9.17) is 4.42 Å². The molecule has 0 bridgehead atoms. The molecule has 2 aliphatic heterocycles. The monoisotopic (exact) mass is 946 g/mol. The SMILES string of the molecule is CC1(C)c2ccccc2N2c3cc(N(c4ccc(-c5ccccc5)cc4)c4ccc(-c5ccccc5)cc4)cc(-c4c(Nc5ccc(-c6ccccc6)cc5)ccc5oc6ccccc6c45)c3[B]c3cccc1c32. The summed E-state index contributed by atoms with van der Waals surface area (Å²) in [5, 5.41) is 6.09. The Morgan fingerprint density at radius 1 is 0.446 bits per heavy atom. The number of anilines is 8. The maximum Gasteiger partial charge on any atom is 0.197 e. The Morgan fingerprint density at radius 2 is 0.986 bits per heavy atom. The van der Waals surface area contributed by atoms with Crippen molar-refractivity contribution in [1.29, 1.82) is 0 Å². The average Bonchev–Trinajstić information content (AvgIpc) is 3.84. The van der Waals surface area contributed by atoms with Crippen LogP contribution in [-0.2, 0) is 5.41 Å². The lowest BCUT2D eigenvalue weighted by Gasteiger charge is -2.46. The summed E-state index contributed by atoms with van der Waals surface area (Å²) in [7, 11) is 2.43. The molecular formula is C69H49BN3O. The fraction of sp³-hybridized carbons (Fsp3) is 0.0435. The molecule has 1 radical (unpaired) electrons. The molecule has 3 heterocycles. The number of rotatable bonds is 9. The quantitative estimate of drug-likeness (QED) is 0.146. The van der Waals surface area contributed by atoms with E-state index in [2.05, 4.69) is 291 Å². The third-order valence-electron chi connectivity index (χ3n) is 15.3. The second kappa shape index (κ2) is 17.5. The van der Waals surface area contributed by atoms with Crippen LogP contribution >= 0.6 is 0 Å². The molecule has 0 atom stereocenters. The van der Waals surface area contributed by atoms with Crippen LogP contribution in [0.4, 0.5) is 45.5 Å². The first-order chi connectivity index (χ1) is 36.4. The lowest BCUT2D eigenvalue weighted by atomic mass is 9.56. The molecule has 0 spiro atoms. The van der Waals surface area contributed by atoms with Crippen LogP contribution in [0.5, 0.6) is 0 Å². The van der Waals surface area contributed by atoms with Crippen molar-refractivity contribution >= 4 is 85.6 Å². The molecular weight excluding hydrogens is 898 g/mol. The summed E-state index contributed by atoms with van der Waals surface area (Å²) in [4.78, 5) is 4.98. The molecule has 1 N–H and O–H groups in total. The van der Waals surface area contributed by atoms with E-state index >= 15 is 0 Å². The molecule has 0 saturated heterocycles. The van der Waals surface area contributed by atoms with Gasteiger partial charge in [-0.15, -0.1) is 0 Å². The van der Waals surface area contributed by atoms with Gasteiger partial charge in [-0.25, -0.2) is 0 Å². The van der Waals surface area contributed by atoms with Crippen LogP contribution < -0.4 is 26.0 Å². The van der Waals surface area contributed by atoms with Gasteiger partial charge in [-0.1, -0.05) is 201 Å². The van der Waals surface area contributed by atoms with Crippen LogP contribution in [0, 0.1) is 0 Å². The highest BCUT2D eigenvalue weighted by atomic mass is 16.3. The second-order valence-electron chi connectivity index (χ2n) is 20.0. The fourth-order valence-corrected chi connectivity index (χ4v) is 11.6. The van der Waals surface area contributed by atoms with Gasteiger partial charge in [-0.3, -0.25) is 0 Å². The Balaban J connectivity index is 1.05. The minimum absolute atomic E-state index is 0.230. The standard InChI is InChI=1S/C69H49BN3O/c1-69(2)57-24-13-14-27-61(57)73-62-44-54(72(52-37-31-49(32-38-52)46-19-8-4-9-20-46)53-39-33-50(34-40-53)47-21-10-5-11-22-47)43-56(67(62)70-59-26-16-25-58(69)68(59)73)65-60(41-42-64-66(65)55-23-12-15-28-63(55)74-64)71-51-35-29-48(30-36-51)45-17-6-3-7-18-45/h3-44,71H,1-2H3. The maximum atomic E-state index is 6.77. The van der Waals surface area contributed by atoms with E-state index < -0.39 is 0 Å². The minimum atomic E-state index is -0.230. The predicted octanol–water partition coefficient (Wildman–Crippen LogP) is 17.5. The summed E-state index contributed by atoms with van der Waals surface area (Å²) in [5.74, 6) is 0. The van der Waals surface area contributed by atoms with E-state index in [0.717, 1.165) is 83.8 Å². The van der Waals surface area contributed by atoms with E-state index in [1.807, 2.05) is 0 Å². The molecule has 0 aliphatic carbocycles. The highest BCUT2D eigenvalue weighted by Gasteiger charge is 2.41. The molecule has 0 amide bonds. The number of fused-ring (bicyclic) bond motifs is 7. The van der Waals surface area contributed by atoms with Crippen LogP contribution in [-0.4, -0.2) is 7.28 Å². The average molecular weight is 947 g/mol. The van der Waals surface area contributed by atoms with E-state index in [1.165, 1.54) is 50.2 Å². The van der Waals surface area contributed by atoms with Gasteiger partial charge in [0.2, 0.25) is 0 Å². The number of furan rings is 1. The van der Waals surface area contributed by atoms with Crippen LogP contribution in [0.15, 0.2) is 259 Å². The molecule has 0 unspecified atom stereocenters. The summed E-state index contributed by atoms with van der Waals surface area (Å²) in [6, 6.07) is 92.1. The zero-order chi connectivity index (χ0) is 49.3. The summed E-state index contributed by atoms with van der Waals surface area (Å²) < 4.78 is 6.77. The van der Waals surface area contributed by atoms with Gasteiger partial charge >= 0.3 is 0 Å². The summed E-state index contributed by atoms with van der Waals surface area (Å²) in [6.45, 7) is 4.73. The van der Waals surface area contributed by atoms with Gasteiger partial charge in [0.15, 0.2) is 7.28 Å². The molecule has 74 heavy (non-hydrogen) atoms. The topological polar surface area (TPSA) is 31.6 Å². The molecule has 12 aromatic rings. The fourth-order valence-electron chi connectivity index (χ4n) is 11.6. The number of hydrogen-bond donors (Lipinski definition) is 1. The van der Waals surface area contributed by atoms with Crippen LogP contribution in [0.1, 0.15) is 25.0 Å². The van der Waals surface area contributed by atoms with Gasteiger partial charge in [0.05, 0.1) is 5.69 Å². The zero-order valence-electron chi connectivity index (χ0n) is 41.1. The lowest BCUT2D eigenvalue weighted by Crippen LogP contribution is -2.45. The van der Waals surface area contributed by atoms with Crippen molar-refractivity contribution in [3.05, 3.63) is 266 Å². The first-order valence-corrected chi connectivity index (χ1v) is 25.5. The van der Waals surface area contributed by atoms with Crippen molar-refractivity contribution in [2.75, 3.05) is 15.1 Å². The number of para-hydroxylation sites is 3. The van der Waals surface area contributed by atoms with E-state index in [1.54, 1.807) is 0 Å². The Hall–Kier alpha value is -9.32. The molecule has 0 saturated carbocycles. The molecule has 0 fully saturated rings. The molecule has 4 nitrogen and oxygen atoms in total. The van der Waals surface area contributed by atoms with Gasteiger partial charge < -0.3 is 19.5 Å². The second-order valence-corrected chi connectivity index (χ2v) is 20.0. The Labute approximate surface area is 432 Å². The van der Waals surface area contributed by atoms with E-state index in [0.29, 0.717) is 0 Å². The molecule has 14 rings (SSSR count). The van der Waals surface area contributed by atoms with E-state index in [-0.39, 0.29) is 5.41 Å². The zero-order valence-corrected chi connectivity index (χ0v) is 41.1. The van der Waals surface area contributed by atoms with Gasteiger partial charge in [-0.05, 0) is 128 Å². The lowest BCUT2D eigenvalue weighted by molar-refractivity contribution is 0.632. The number of hydrogen-bond acceptors (Lipinski definition) is 4. The number of nitrogens with zero attached hydrogens (tertiary/aromatic N) is 2. The third kappa shape index (κ3) is 7.23. The maximum absolute atomic E-state index is 6.77. The Kier molecular flexibility index (Phi) is 10.3. The first-order valence-electron chi connectivity index (χ1n) is 25.5. The van der Waals surface area contributed by atoms with Crippen molar-refractivity contribution < 1.29 is 4.42 Å². The highest BCUT2D eigenvalue weighted by molar-refractivity contribution is 6.73. The minimum Gasteiger partial charge on any atom is -0.456 e. The Morgan fingerprint density at radius 3 is 1.62 bits per heavy atom. The van der Waals surface area contributed by atoms with Crippen LogP contribution in [0.2, 0.25) is 0 Å². The smallest absolute Gasteiger partial charge is 0.197 e. The highest BCUT2D eigenvalue weighted by Crippen LogP contribution is 2.54. The molecule has 349 valence electrons. The van der Waals surface area contributed by atoms with Crippen molar-refractivity contribution in [1.82, 2.24) is 0 Å². The van der Waals surface area contributed by atoms with Crippen LogP contribution in [0.25, 0.3) is 66.4 Å². The van der Waals surface area contributed by atoms with Crippen molar-refractivity contribution in [2.24, 2.45) is 0 Å². The summed E-state index contributed by atoms with van der Waals surface area (Å²) >= 11 is 0. The number of benzene rings is 11. The molecule has 2 aliphatic rings. The normalized spacial score (nSPS) is 12.9. The molecule has 11 aromatic carbocycles. The van der Waals surface area contributed by atoms with Crippen LogP contribution in [0.3, 0.4) is 0 Å². The van der Waals surface area contributed by atoms with Crippen molar-refractivity contribution in [2.45, 2.75) is 19.3 Å². The molecule has 5 heteroatoms.